The number of piperazine rings is 1. The average molecular weight is 370 g/mol. The van der Waals surface area contributed by atoms with Crippen LogP contribution in [0, 0.1) is 10.1 Å². The molecular formula is C19H22N4O4. The van der Waals surface area contributed by atoms with Crippen molar-refractivity contribution in [1.82, 2.24) is 4.90 Å². The van der Waals surface area contributed by atoms with Gasteiger partial charge in [-0.05, 0) is 24.3 Å². The molecule has 1 heterocycles. The van der Waals surface area contributed by atoms with Crippen molar-refractivity contribution in [2.45, 2.75) is 0 Å². The van der Waals surface area contributed by atoms with Crippen molar-refractivity contribution in [3.8, 4) is 5.75 Å². The lowest BCUT2D eigenvalue weighted by Crippen LogP contribution is -2.48. The van der Waals surface area contributed by atoms with Gasteiger partial charge in [-0.1, -0.05) is 6.07 Å². The maximum Gasteiger partial charge on any atom is 0.293 e. The zero-order valence-electron chi connectivity index (χ0n) is 15.3. The first kappa shape index (κ1) is 18.5. The Balaban J connectivity index is 1.69. The van der Waals surface area contributed by atoms with Crippen LogP contribution >= 0.6 is 0 Å². The number of nitrogens with one attached hydrogen (secondary N) is 1. The Morgan fingerprint density at radius 1 is 1.15 bits per heavy atom. The monoisotopic (exact) mass is 370 g/mol. The average Bonchev–Trinajstić information content (AvgIpc) is 2.72. The van der Waals surface area contributed by atoms with Crippen LogP contribution in [0.5, 0.6) is 5.75 Å². The molecule has 3 rings (SSSR count). The summed E-state index contributed by atoms with van der Waals surface area (Å²) in [5, 5.41) is 14.0. The zero-order chi connectivity index (χ0) is 19.4. The Hall–Kier alpha value is -3.29. The normalized spacial score (nSPS) is 14.0. The second-order valence-corrected chi connectivity index (χ2v) is 6.22. The largest absolute Gasteiger partial charge is 0.497 e. The summed E-state index contributed by atoms with van der Waals surface area (Å²) < 4.78 is 5.26. The number of carbonyl (C=O) groups is 1. The van der Waals surface area contributed by atoms with Crippen molar-refractivity contribution >= 4 is 23.0 Å². The van der Waals surface area contributed by atoms with Gasteiger partial charge in [0, 0.05) is 56.6 Å². The first-order valence-electron chi connectivity index (χ1n) is 8.68. The Morgan fingerprint density at radius 2 is 1.89 bits per heavy atom. The number of nitro groups is 1. The van der Waals surface area contributed by atoms with Gasteiger partial charge in [0.05, 0.1) is 12.0 Å². The minimum Gasteiger partial charge on any atom is -0.497 e. The minimum absolute atomic E-state index is 0.0987. The fourth-order valence-electron chi connectivity index (χ4n) is 3.18. The summed E-state index contributed by atoms with van der Waals surface area (Å²) in [6.07, 6.45) is 0. The fourth-order valence-corrected chi connectivity index (χ4v) is 3.18. The van der Waals surface area contributed by atoms with Crippen LogP contribution in [-0.4, -0.2) is 56.1 Å². The minimum atomic E-state index is -0.483. The maximum absolute atomic E-state index is 12.8. The van der Waals surface area contributed by atoms with Gasteiger partial charge >= 0.3 is 0 Å². The van der Waals surface area contributed by atoms with Gasteiger partial charge in [0.2, 0.25) is 0 Å². The van der Waals surface area contributed by atoms with Gasteiger partial charge in [0.15, 0.2) is 0 Å². The SMILES string of the molecule is CNc1ccc(C(=O)N2CCN(c3cccc(OC)c3)CC2)cc1[N+](=O)[O-]. The van der Waals surface area contributed by atoms with Crippen molar-refractivity contribution in [2.75, 3.05) is 50.6 Å². The van der Waals surface area contributed by atoms with E-state index in [4.69, 9.17) is 4.74 Å². The Bertz CT molecular complexity index is 847. The van der Waals surface area contributed by atoms with Crippen LogP contribution in [0.1, 0.15) is 10.4 Å². The Kier molecular flexibility index (Phi) is 5.44. The summed E-state index contributed by atoms with van der Waals surface area (Å²) in [7, 11) is 3.25. The van der Waals surface area contributed by atoms with E-state index >= 15 is 0 Å². The molecule has 8 nitrogen and oxygen atoms in total. The number of nitro benzene ring substituents is 1. The molecule has 1 N–H and O–H groups in total. The number of hydrogen-bond acceptors (Lipinski definition) is 6. The van der Waals surface area contributed by atoms with Gasteiger partial charge < -0.3 is 19.9 Å². The van der Waals surface area contributed by atoms with Gasteiger partial charge in [0.1, 0.15) is 11.4 Å². The topological polar surface area (TPSA) is 88.0 Å². The lowest BCUT2D eigenvalue weighted by atomic mass is 10.1. The molecule has 0 aromatic heterocycles. The second kappa shape index (κ2) is 7.94. The number of methoxy groups -OCH3 is 1. The Labute approximate surface area is 157 Å². The summed E-state index contributed by atoms with van der Waals surface area (Å²) in [5.74, 6) is 0.606. The molecule has 0 bridgehead atoms. The number of nitrogens with zero attached hydrogens (tertiary/aromatic N) is 3. The molecule has 1 fully saturated rings. The molecule has 142 valence electrons. The molecule has 0 unspecified atom stereocenters. The molecule has 0 spiro atoms. The molecule has 27 heavy (non-hydrogen) atoms. The molecule has 1 saturated heterocycles. The highest BCUT2D eigenvalue weighted by Gasteiger charge is 2.24. The van der Waals surface area contributed by atoms with E-state index in [1.165, 1.54) is 6.07 Å². The zero-order valence-corrected chi connectivity index (χ0v) is 15.3. The van der Waals surface area contributed by atoms with Crippen molar-refractivity contribution in [3.63, 3.8) is 0 Å². The highest BCUT2D eigenvalue weighted by molar-refractivity contribution is 5.96. The van der Waals surface area contributed by atoms with E-state index in [-0.39, 0.29) is 11.6 Å². The van der Waals surface area contributed by atoms with Gasteiger partial charge in [-0.15, -0.1) is 0 Å². The number of anilines is 2. The summed E-state index contributed by atoms with van der Waals surface area (Å²) >= 11 is 0. The number of rotatable bonds is 5. The van der Waals surface area contributed by atoms with Gasteiger partial charge in [-0.3, -0.25) is 14.9 Å². The Morgan fingerprint density at radius 3 is 2.52 bits per heavy atom. The maximum atomic E-state index is 12.8. The first-order chi connectivity index (χ1) is 13.0. The van der Waals surface area contributed by atoms with Crippen LogP contribution in [0.2, 0.25) is 0 Å². The molecule has 0 radical (unpaired) electrons. The van der Waals surface area contributed by atoms with Crippen LogP contribution in [-0.2, 0) is 0 Å². The smallest absolute Gasteiger partial charge is 0.293 e. The van der Waals surface area contributed by atoms with E-state index in [9.17, 15) is 14.9 Å². The van der Waals surface area contributed by atoms with Gasteiger partial charge in [-0.2, -0.15) is 0 Å². The van der Waals surface area contributed by atoms with Crippen molar-refractivity contribution in [2.24, 2.45) is 0 Å². The lowest BCUT2D eigenvalue weighted by molar-refractivity contribution is -0.384. The third-order valence-corrected chi connectivity index (χ3v) is 4.70. The molecule has 1 aliphatic heterocycles. The third kappa shape index (κ3) is 3.94. The predicted molar refractivity (Wildman–Crippen MR) is 104 cm³/mol. The van der Waals surface area contributed by atoms with Crippen molar-refractivity contribution < 1.29 is 14.5 Å². The highest BCUT2D eigenvalue weighted by atomic mass is 16.6. The second-order valence-electron chi connectivity index (χ2n) is 6.22. The van der Waals surface area contributed by atoms with Crippen LogP contribution in [0.25, 0.3) is 0 Å². The number of amides is 1. The lowest BCUT2D eigenvalue weighted by Gasteiger charge is -2.36. The van der Waals surface area contributed by atoms with Crippen molar-refractivity contribution in [1.29, 1.82) is 0 Å². The van der Waals surface area contributed by atoms with Crippen molar-refractivity contribution in [3.05, 3.63) is 58.1 Å². The molecule has 0 atom stereocenters. The predicted octanol–water partition coefficient (Wildman–Crippen LogP) is 2.61. The number of carbonyl (C=O) groups excluding carboxylic acids is 1. The number of hydrogen-bond donors (Lipinski definition) is 1. The molecular weight excluding hydrogens is 348 g/mol. The van der Waals surface area contributed by atoms with Gasteiger partial charge in [0.25, 0.3) is 11.6 Å². The summed E-state index contributed by atoms with van der Waals surface area (Å²) in [6, 6.07) is 12.3. The molecule has 1 amide bonds. The fraction of sp³-hybridized carbons (Fsp3) is 0.316. The number of benzene rings is 2. The van der Waals surface area contributed by atoms with Gasteiger partial charge in [-0.25, -0.2) is 0 Å². The van der Waals surface area contributed by atoms with E-state index in [1.807, 2.05) is 24.3 Å². The van der Waals surface area contributed by atoms with E-state index in [2.05, 4.69) is 10.2 Å². The van der Waals surface area contributed by atoms with E-state index in [0.717, 1.165) is 11.4 Å². The van der Waals surface area contributed by atoms with Crippen LogP contribution in [0.3, 0.4) is 0 Å². The molecule has 2 aromatic rings. The van der Waals surface area contributed by atoms with Crippen LogP contribution < -0.4 is 15.0 Å². The molecule has 1 aliphatic rings. The number of ether oxygens (including phenoxy) is 1. The summed E-state index contributed by atoms with van der Waals surface area (Å²) in [4.78, 5) is 27.4. The van der Waals surface area contributed by atoms with Crippen LogP contribution in [0.15, 0.2) is 42.5 Å². The van der Waals surface area contributed by atoms with E-state index in [0.29, 0.717) is 37.4 Å². The molecule has 0 aliphatic carbocycles. The van der Waals surface area contributed by atoms with E-state index < -0.39 is 4.92 Å². The standard InChI is InChI=1S/C19H22N4O4/c1-20-17-7-6-14(12-18(17)23(25)26)19(24)22-10-8-21(9-11-22)15-4-3-5-16(13-15)27-2/h3-7,12-13,20H,8-11H2,1-2H3. The summed E-state index contributed by atoms with van der Waals surface area (Å²) in [6.45, 7) is 2.49. The molecule has 2 aromatic carbocycles. The van der Waals surface area contributed by atoms with E-state index in [1.54, 1.807) is 31.2 Å². The quantitative estimate of drug-likeness (QED) is 0.643. The highest BCUT2D eigenvalue weighted by Crippen LogP contribution is 2.26. The summed E-state index contributed by atoms with van der Waals surface area (Å²) in [5.41, 5.74) is 1.67. The molecule has 0 saturated carbocycles. The first-order valence-corrected chi connectivity index (χ1v) is 8.68. The third-order valence-electron chi connectivity index (χ3n) is 4.70. The molecule has 8 heteroatoms. The van der Waals surface area contributed by atoms with Crippen LogP contribution in [0.4, 0.5) is 17.1 Å².